The van der Waals surface area contributed by atoms with Gasteiger partial charge in [0.25, 0.3) is 5.91 Å². The molecule has 9 heteroatoms. The first-order chi connectivity index (χ1) is 12.0. The third kappa shape index (κ3) is 3.90. The van der Waals surface area contributed by atoms with Crippen LogP contribution in [0.1, 0.15) is 21.9 Å². The van der Waals surface area contributed by atoms with Crippen molar-refractivity contribution in [2.24, 2.45) is 5.73 Å². The molecule has 1 fully saturated rings. The average Bonchev–Trinajstić information content (AvgIpc) is 2.98. The molecule has 2 heterocycles. The van der Waals surface area contributed by atoms with Gasteiger partial charge in [0.1, 0.15) is 10.7 Å². The molecular weight excluding hydrogens is 360 g/mol. The van der Waals surface area contributed by atoms with Crippen LogP contribution in [0.25, 0.3) is 0 Å². The van der Waals surface area contributed by atoms with Crippen molar-refractivity contribution in [1.82, 2.24) is 14.2 Å². The molecule has 2 aromatic rings. The minimum atomic E-state index is -3.53. The summed E-state index contributed by atoms with van der Waals surface area (Å²) in [7, 11) is -3.53. The van der Waals surface area contributed by atoms with E-state index in [0.29, 0.717) is 43.3 Å². The van der Waals surface area contributed by atoms with E-state index in [1.165, 1.54) is 15.6 Å². The van der Waals surface area contributed by atoms with Crippen molar-refractivity contribution in [3.63, 3.8) is 0 Å². The molecule has 0 unspecified atom stereocenters. The SMILES string of the molecule is NCc1nc(C(=O)N2CCCN(S(=O)(=O)c3ccccc3)CC2)cs1. The summed E-state index contributed by atoms with van der Waals surface area (Å²) >= 11 is 1.36. The number of aromatic nitrogens is 1. The lowest BCUT2D eigenvalue weighted by Crippen LogP contribution is -2.37. The van der Waals surface area contributed by atoms with E-state index in [-0.39, 0.29) is 17.3 Å². The van der Waals surface area contributed by atoms with E-state index < -0.39 is 10.0 Å². The highest BCUT2D eigenvalue weighted by molar-refractivity contribution is 7.89. The molecule has 0 aliphatic carbocycles. The maximum Gasteiger partial charge on any atom is 0.273 e. The fraction of sp³-hybridized carbons (Fsp3) is 0.375. The van der Waals surface area contributed by atoms with Crippen LogP contribution < -0.4 is 5.73 Å². The summed E-state index contributed by atoms with van der Waals surface area (Å²) in [6.45, 7) is 1.83. The quantitative estimate of drug-likeness (QED) is 0.858. The molecule has 134 valence electrons. The van der Waals surface area contributed by atoms with Gasteiger partial charge >= 0.3 is 0 Å². The molecule has 25 heavy (non-hydrogen) atoms. The van der Waals surface area contributed by atoms with Crippen LogP contribution in [-0.2, 0) is 16.6 Å². The van der Waals surface area contributed by atoms with Crippen molar-refractivity contribution in [3.05, 3.63) is 46.4 Å². The van der Waals surface area contributed by atoms with Crippen LogP contribution in [0.15, 0.2) is 40.6 Å². The van der Waals surface area contributed by atoms with Crippen molar-refractivity contribution < 1.29 is 13.2 Å². The molecule has 1 amide bonds. The summed E-state index contributed by atoms with van der Waals surface area (Å²) < 4.78 is 26.9. The number of sulfonamides is 1. The number of rotatable bonds is 4. The van der Waals surface area contributed by atoms with Gasteiger partial charge in [0, 0.05) is 38.1 Å². The highest BCUT2D eigenvalue weighted by Crippen LogP contribution is 2.18. The zero-order chi connectivity index (χ0) is 17.9. The number of thiazole rings is 1. The second kappa shape index (κ2) is 7.61. The van der Waals surface area contributed by atoms with Crippen molar-refractivity contribution in [3.8, 4) is 0 Å². The Kier molecular flexibility index (Phi) is 5.48. The molecule has 2 N–H and O–H groups in total. The van der Waals surface area contributed by atoms with Gasteiger partial charge < -0.3 is 10.6 Å². The number of hydrogen-bond acceptors (Lipinski definition) is 6. The number of nitrogens with two attached hydrogens (primary N) is 1. The Morgan fingerprint density at radius 3 is 2.60 bits per heavy atom. The van der Waals surface area contributed by atoms with Crippen LogP contribution >= 0.6 is 11.3 Å². The Hall–Kier alpha value is -1.81. The fourth-order valence-corrected chi connectivity index (χ4v) is 4.88. The molecule has 0 radical (unpaired) electrons. The Labute approximate surface area is 151 Å². The third-order valence-corrected chi connectivity index (χ3v) is 6.85. The van der Waals surface area contributed by atoms with Gasteiger partial charge in [-0.3, -0.25) is 4.79 Å². The van der Waals surface area contributed by atoms with Crippen molar-refractivity contribution in [2.45, 2.75) is 17.9 Å². The normalized spacial score (nSPS) is 16.6. The Morgan fingerprint density at radius 1 is 1.16 bits per heavy atom. The van der Waals surface area contributed by atoms with Gasteiger partial charge in [-0.15, -0.1) is 11.3 Å². The molecule has 1 saturated heterocycles. The van der Waals surface area contributed by atoms with E-state index in [9.17, 15) is 13.2 Å². The van der Waals surface area contributed by atoms with Gasteiger partial charge in [-0.1, -0.05) is 18.2 Å². The monoisotopic (exact) mass is 380 g/mol. The first-order valence-corrected chi connectivity index (χ1v) is 10.3. The van der Waals surface area contributed by atoms with E-state index in [1.54, 1.807) is 40.6 Å². The van der Waals surface area contributed by atoms with Crippen molar-refractivity contribution in [2.75, 3.05) is 26.2 Å². The summed E-state index contributed by atoms with van der Waals surface area (Å²) in [4.78, 5) is 18.7. The number of carbonyl (C=O) groups is 1. The first-order valence-electron chi connectivity index (χ1n) is 8.01. The number of nitrogens with zero attached hydrogens (tertiary/aromatic N) is 3. The van der Waals surface area contributed by atoms with Crippen LogP contribution in [0.2, 0.25) is 0 Å². The van der Waals surface area contributed by atoms with E-state index in [2.05, 4.69) is 4.98 Å². The zero-order valence-corrected chi connectivity index (χ0v) is 15.3. The van der Waals surface area contributed by atoms with Crippen LogP contribution in [0.5, 0.6) is 0 Å². The lowest BCUT2D eigenvalue weighted by Gasteiger charge is -2.21. The molecule has 1 aromatic carbocycles. The summed E-state index contributed by atoms with van der Waals surface area (Å²) in [6, 6.07) is 8.38. The van der Waals surface area contributed by atoms with E-state index >= 15 is 0 Å². The van der Waals surface area contributed by atoms with Crippen molar-refractivity contribution >= 4 is 27.3 Å². The highest BCUT2D eigenvalue weighted by Gasteiger charge is 2.28. The van der Waals surface area contributed by atoms with Gasteiger partial charge in [0.2, 0.25) is 10.0 Å². The first kappa shape index (κ1) is 18.0. The molecule has 7 nitrogen and oxygen atoms in total. The Balaban J connectivity index is 1.71. The van der Waals surface area contributed by atoms with Gasteiger partial charge in [-0.2, -0.15) is 4.31 Å². The smallest absolute Gasteiger partial charge is 0.273 e. The second-order valence-electron chi connectivity index (χ2n) is 5.69. The fourth-order valence-electron chi connectivity index (χ4n) is 2.74. The Bertz CT molecular complexity index is 836. The molecule has 0 spiro atoms. The predicted octanol–water partition coefficient (Wildman–Crippen LogP) is 1.14. The van der Waals surface area contributed by atoms with Crippen LogP contribution in [0, 0.1) is 0 Å². The summed E-state index contributed by atoms with van der Waals surface area (Å²) in [5.74, 6) is -0.171. The second-order valence-corrected chi connectivity index (χ2v) is 8.57. The van der Waals surface area contributed by atoms with E-state index in [0.717, 1.165) is 0 Å². The molecule has 0 bridgehead atoms. The molecule has 0 atom stereocenters. The molecular formula is C16H20N4O3S2. The molecule has 3 rings (SSSR count). The molecule has 1 aliphatic rings. The van der Waals surface area contributed by atoms with Gasteiger partial charge in [-0.05, 0) is 18.6 Å². The standard InChI is InChI=1S/C16H20N4O3S2/c17-11-15-18-14(12-24-15)16(21)19-7-4-8-20(10-9-19)25(22,23)13-5-2-1-3-6-13/h1-3,5-6,12H,4,7-11,17H2. The largest absolute Gasteiger partial charge is 0.336 e. The number of benzene rings is 1. The highest BCUT2D eigenvalue weighted by atomic mass is 32.2. The molecule has 1 aliphatic heterocycles. The average molecular weight is 380 g/mol. The maximum absolute atomic E-state index is 12.7. The maximum atomic E-state index is 12.7. The van der Waals surface area contributed by atoms with Crippen LogP contribution in [0.3, 0.4) is 0 Å². The van der Waals surface area contributed by atoms with E-state index in [1.807, 2.05) is 0 Å². The van der Waals surface area contributed by atoms with Gasteiger partial charge in [0.15, 0.2) is 0 Å². The topological polar surface area (TPSA) is 96.6 Å². The Morgan fingerprint density at radius 2 is 1.92 bits per heavy atom. The number of amides is 1. The molecule has 1 aromatic heterocycles. The van der Waals surface area contributed by atoms with Gasteiger partial charge in [-0.25, -0.2) is 13.4 Å². The summed E-state index contributed by atoms with van der Waals surface area (Å²) in [5, 5.41) is 2.42. The third-order valence-electron chi connectivity index (χ3n) is 4.07. The van der Waals surface area contributed by atoms with Crippen LogP contribution in [0.4, 0.5) is 0 Å². The summed E-state index contributed by atoms with van der Waals surface area (Å²) in [5.41, 5.74) is 5.92. The number of hydrogen-bond donors (Lipinski definition) is 1. The van der Waals surface area contributed by atoms with Gasteiger partial charge in [0.05, 0.1) is 4.90 Å². The lowest BCUT2D eigenvalue weighted by molar-refractivity contribution is 0.0759. The lowest BCUT2D eigenvalue weighted by atomic mass is 10.3. The zero-order valence-electron chi connectivity index (χ0n) is 13.7. The minimum Gasteiger partial charge on any atom is -0.336 e. The molecule has 0 saturated carbocycles. The van der Waals surface area contributed by atoms with Crippen molar-refractivity contribution in [1.29, 1.82) is 0 Å². The summed E-state index contributed by atoms with van der Waals surface area (Å²) in [6.07, 6.45) is 0.589. The minimum absolute atomic E-state index is 0.171. The van der Waals surface area contributed by atoms with E-state index in [4.69, 9.17) is 5.73 Å². The predicted molar refractivity (Wildman–Crippen MR) is 95.7 cm³/mol. The van der Waals surface area contributed by atoms with Crippen LogP contribution in [-0.4, -0.2) is 54.7 Å². The number of carbonyl (C=O) groups excluding carboxylic acids is 1.